The third kappa shape index (κ3) is 3.87. The molecule has 0 radical (unpaired) electrons. The Morgan fingerprint density at radius 3 is 2.57 bits per heavy atom. The van der Waals surface area contributed by atoms with E-state index in [1.165, 1.54) is 0 Å². The van der Waals surface area contributed by atoms with Gasteiger partial charge in [-0.15, -0.1) is 0 Å². The molecule has 14 heavy (non-hydrogen) atoms. The van der Waals surface area contributed by atoms with Crippen LogP contribution in [0.3, 0.4) is 0 Å². The van der Waals surface area contributed by atoms with Gasteiger partial charge in [-0.1, -0.05) is 43.1 Å². The monoisotopic (exact) mass is 232 g/mol. The van der Waals surface area contributed by atoms with Gasteiger partial charge in [0.1, 0.15) is 6.54 Å². The fourth-order valence-electron chi connectivity index (χ4n) is 1.26. The van der Waals surface area contributed by atoms with Gasteiger partial charge in [-0.25, -0.2) is 0 Å². The largest absolute Gasteiger partial charge is 0.342 e. The van der Waals surface area contributed by atoms with Gasteiger partial charge < -0.3 is 5.32 Å². The summed E-state index contributed by atoms with van der Waals surface area (Å²) >= 11 is 11.8. The first-order valence-corrected chi connectivity index (χ1v) is 5.60. The Morgan fingerprint density at radius 1 is 1.29 bits per heavy atom. The Labute approximate surface area is 95.4 Å². The van der Waals surface area contributed by atoms with Gasteiger partial charge in [0, 0.05) is 16.5 Å². The van der Waals surface area contributed by atoms with E-state index in [1.807, 2.05) is 12.1 Å². The lowest BCUT2D eigenvalue weighted by molar-refractivity contribution is -0.675. The zero-order valence-corrected chi connectivity index (χ0v) is 10.1. The lowest BCUT2D eigenvalue weighted by atomic mass is 10.2. The van der Waals surface area contributed by atoms with Gasteiger partial charge in [0.25, 0.3) is 0 Å². The molecule has 1 rings (SSSR count). The summed E-state index contributed by atoms with van der Waals surface area (Å²) in [5, 5.41) is 3.72. The summed E-state index contributed by atoms with van der Waals surface area (Å²) in [6.07, 6.45) is 0. The standard InChI is InChI=1S/C11H15Cl2N/c1-8(2)6-14-7-9-3-4-10(12)5-11(9)13/h3-5,8,14H,6-7H2,1-2H3/p+1. The average molecular weight is 233 g/mol. The van der Waals surface area contributed by atoms with E-state index >= 15 is 0 Å². The fraction of sp³-hybridized carbons (Fsp3) is 0.455. The SMILES string of the molecule is CC(C)C[NH2+]Cc1ccc(Cl)cc1Cl. The minimum Gasteiger partial charge on any atom is -0.342 e. The molecule has 0 aliphatic heterocycles. The number of hydrogen-bond donors (Lipinski definition) is 1. The third-order valence-corrected chi connectivity index (χ3v) is 2.60. The van der Waals surface area contributed by atoms with Crippen LogP contribution in [0.2, 0.25) is 10.0 Å². The summed E-state index contributed by atoms with van der Waals surface area (Å²) < 4.78 is 0. The second-order valence-electron chi connectivity index (χ2n) is 3.86. The lowest BCUT2D eigenvalue weighted by Gasteiger charge is -2.06. The van der Waals surface area contributed by atoms with Gasteiger partial charge in [0.2, 0.25) is 0 Å². The molecule has 0 aromatic heterocycles. The summed E-state index contributed by atoms with van der Waals surface area (Å²) in [6.45, 7) is 6.47. The molecule has 1 nitrogen and oxygen atoms in total. The Morgan fingerprint density at radius 2 is 2.00 bits per heavy atom. The molecule has 0 aliphatic rings. The van der Waals surface area contributed by atoms with Crippen molar-refractivity contribution in [3.05, 3.63) is 33.8 Å². The Bertz CT molecular complexity index is 297. The molecule has 0 saturated carbocycles. The van der Waals surface area contributed by atoms with Crippen molar-refractivity contribution >= 4 is 23.2 Å². The maximum absolute atomic E-state index is 6.04. The molecule has 0 saturated heterocycles. The molecule has 0 bridgehead atoms. The molecular formula is C11H16Cl2N+. The molecule has 0 spiro atoms. The molecule has 1 aromatic rings. The maximum atomic E-state index is 6.04. The van der Waals surface area contributed by atoms with Crippen LogP contribution in [-0.2, 0) is 6.54 Å². The van der Waals surface area contributed by atoms with Crippen LogP contribution in [0.25, 0.3) is 0 Å². The van der Waals surface area contributed by atoms with E-state index in [1.54, 1.807) is 6.07 Å². The van der Waals surface area contributed by atoms with Crippen molar-refractivity contribution in [2.45, 2.75) is 20.4 Å². The highest BCUT2D eigenvalue weighted by molar-refractivity contribution is 6.35. The highest BCUT2D eigenvalue weighted by atomic mass is 35.5. The summed E-state index contributed by atoms with van der Waals surface area (Å²) in [5.74, 6) is 0.709. The van der Waals surface area contributed by atoms with Crippen LogP contribution < -0.4 is 5.32 Å². The number of hydrogen-bond acceptors (Lipinski definition) is 0. The minimum absolute atomic E-state index is 0.697. The van der Waals surface area contributed by atoms with Gasteiger partial charge in [-0.2, -0.15) is 0 Å². The van der Waals surface area contributed by atoms with Gasteiger partial charge in [-0.05, 0) is 12.1 Å². The molecule has 78 valence electrons. The number of quaternary nitrogens is 1. The molecule has 1 aromatic carbocycles. The van der Waals surface area contributed by atoms with Crippen LogP contribution in [-0.4, -0.2) is 6.54 Å². The van der Waals surface area contributed by atoms with Crippen molar-refractivity contribution in [2.75, 3.05) is 6.54 Å². The molecule has 0 atom stereocenters. The summed E-state index contributed by atoms with van der Waals surface area (Å²) in [4.78, 5) is 0. The van der Waals surface area contributed by atoms with Gasteiger partial charge in [0.05, 0.1) is 11.6 Å². The number of halogens is 2. The zero-order chi connectivity index (χ0) is 10.6. The number of nitrogens with two attached hydrogens (primary N) is 1. The summed E-state index contributed by atoms with van der Waals surface area (Å²) in [6, 6.07) is 5.66. The molecule has 0 amide bonds. The van der Waals surface area contributed by atoms with Gasteiger partial charge >= 0.3 is 0 Å². The van der Waals surface area contributed by atoms with Gasteiger partial charge in [-0.3, -0.25) is 0 Å². The van der Waals surface area contributed by atoms with Crippen molar-refractivity contribution < 1.29 is 5.32 Å². The summed E-state index contributed by atoms with van der Waals surface area (Å²) in [7, 11) is 0. The average Bonchev–Trinajstić information content (AvgIpc) is 2.08. The van der Waals surface area contributed by atoms with Crippen molar-refractivity contribution in [1.82, 2.24) is 0 Å². The second kappa shape index (κ2) is 5.59. The first-order valence-electron chi connectivity index (χ1n) is 4.85. The Hall–Kier alpha value is -0.240. The topological polar surface area (TPSA) is 16.6 Å². The predicted octanol–water partition coefficient (Wildman–Crippen LogP) is 2.71. The third-order valence-electron chi connectivity index (χ3n) is 2.02. The van der Waals surface area contributed by atoms with Crippen LogP contribution in [0.5, 0.6) is 0 Å². The maximum Gasteiger partial charge on any atom is 0.103 e. The highest BCUT2D eigenvalue weighted by Gasteiger charge is 2.03. The van der Waals surface area contributed by atoms with E-state index in [9.17, 15) is 0 Å². The van der Waals surface area contributed by atoms with Crippen LogP contribution in [0.1, 0.15) is 19.4 Å². The van der Waals surface area contributed by atoms with Gasteiger partial charge in [0.15, 0.2) is 0 Å². The number of rotatable bonds is 4. The minimum atomic E-state index is 0.697. The molecule has 0 aliphatic carbocycles. The first kappa shape index (κ1) is 11.8. The summed E-state index contributed by atoms with van der Waals surface area (Å²) in [5.41, 5.74) is 1.15. The fourth-order valence-corrected chi connectivity index (χ4v) is 1.75. The second-order valence-corrected chi connectivity index (χ2v) is 4.70. The Balaban J connectivity index is 2.51. The normalized spacial score (nSPS) is 10.9. The molecular weight excluding hydrogens is 217 g/mol. The van der Waals surface area contributed by atoms with Crippen LogP contribution in [0.15, 0.2) is 18.2 Å². The quantitative estimate of drug-likeness (QED) is 0.823. The van der Waals surface area contributed by atoms with E-state index < -0.39 is 0 Å². The van der Waals surface area contributed by atoms with Crippen molar-refractivity contribution in [1.29, 1.82) is 0 Å². The first-order chi connectivity index (χ1) is 6.59. The van der Waals surface area contributed by atoms with Crippen LogP contribution in [0.4, 0.5) is 0 Å². The van der Waals surface area contributed by atoms with E-state index in [2.05, 4.69) is 19.2 Å². The lowest BCUT2D eigenvalue weighted by Crippen LogP contribution is -2.83. The number of benzene rings is 1. The van der Waals surface area contributed by atoms with E-state index in [-0.39, 0.29) is 0 Å². The Kier molecular flexibility index (Phi) is 4.73. The van der Waals surface area contributed by atoms with E-state index in [0.29, 0.717) is 10.9 Å². The highest BCUT2D eigenvalue weighted by Crippen LogP contribution is 2.19. The molecule has 3 heteroatoms. The molecule has 0 unspecified atom stereocenters. The molecule has 0 heterocycles. The van der Waals surface area contributed by atoms with Crippen molar-refractivity contribution in [3.63, 3.8) is 0 Å². The van der Waals surface area contributed by atoms with Crippen LogP contribution >= 0.6 is 23.2 Å². The van der Waals surface area contributed by atoms with E-state index in [4.69, 9.17) is 23.2 Å². The molecule has 0 fully saturated rings. The smallest absolute Gasteiger partial charge is 0.103 e. The predicted molar refractivity (Wildman–Crippen MR) is 61.8 cm³/mol. The van der Waals surface area contributed by atoms with Crippen molar-refractivity contribution in [2.24, 2.45) is 5.92 Å². The van der Waals surface area contributed by atoms with Crippen molar-refractivity contribution in [3.8, 4) is 0 Å². The molecule has 2 N–H and O–H groups in total. The van der Waals surface area contributed by atoms with E-state index in [0.717, 1.165) is 23.7 Å². The van der Waals surface area contributed by atoms with Crippen LogP contribution in [0, 0.1) is 5.92 Å². The zero-order valence-electron chi connectivity index (χ0n) is 8.56.